The topological polar surface area (TPSA) is 52.9 Å². The van der Waals surface area contributed by atoms with Gasteiger partial charge in [0.25, 0.3) is 5.91 Å². The summed E-state index contributed by atoms with van der Waals surface area (Å²) in [5.74, 6) is -0.252. The number of nitriles is 1. The van der Waals surface area contributed by atoms with E-state index in [1.54, 1.807) is 0 Å². The molecule has 1 amide bonds. The Morgan fingerprint density at radius 1 is 1.00 bits per heavy atom. The number of carbonyl (C=O) groups excluding carboxylic acids is 1. The van der Waals surface area contributed by atoms with Crippen LogP contribution in [0.25, 0.3) is 11.1 Å². The predicted octanol–water partition coefficient (Wildman–Crippen LogP) is 6.03. The number of fused-ring (bicyclic) bond motifs is 1. The van der Waals surface area contributed by atoms with Gasteiger partial charge in [0.05, 0.1) is 0 Å². The monoisotopic (exact) mass is 358 g/mol. The quantitative estimate of drug-likeness (QED) is 0.457. The van der Waals surface area contributed by atoms with E-state index in [0.29, 0.717) is 5.57 Å². The van der Waals surface area contributed by atoms with Crippen molar-refractivity contribution in [3.63, 3.8) is 0 Å². The number of amides is 1. The highest BCUT2D eigenvalue weighted by Crippen LogP contribution is 2.29. The first kappa shape index (κ1) is 18.9. The second kappa shape index (κ2) is 9.19. The smallest absolute Gasteiger partial charge is 0.266 e. The number of benzene rings is 2. The van der Waals surface area contributed by atoms with Gasteiger partial charge in [0.2, 0.25) is 0 Å². The number of hydrogen-bond donors (Lipinski definition) is 1. The number of para-hydroxylation sites is 1. The van der Waals surface area contributed by atoms with E-state index in [-0.39, 0.29) is 5.91 Å². The van der Waals surface area contributed by atoms with Crippen LogP contribution in [0.2, 0.25) is 0 Å². The molecule has 0 aromatic heterocycles. The van der Waals surface area contributed by atoms with Gasteiger partial charge in [0, 0.05) is 5.69 Å². The van der Waals surface area contributed by atoms with Crippen molar-refractivity contribution in [3.05, 3.63) is 65.2 Å². The van der Waals surface area contributed by atoms with Crippen LogP contribution in [0.15, 0.2) is 59.7 Å². The average molecular weight is 358 g/mol. The first-order valence-corrected chi connectivity index (χ1v) is 9.84. The molecule has 3 heteroatoms. The van der Waals surface area contributed by atoms with Crippen LogP contribution in [0.4, 0.5) is 5.69 Å². The minimum absolute atomic E-state index is 0.252. The number of allylic oxidation sites excluding steroid dienone is 1. The Bertz CT molecular complexity index is 843. The molecule has 0 radical (unpaired) electrons. The van der Waals surface area contributed by atoms with Crippen LogP contribution in [-0.4, -0.2) is 5.91 Å². The Morgan fingerprint density at radius 2 is 1.63 bits per heavy atom. The van der Waals surface area contributed by atoms with Gasteiger partial charge in [-0.05, 0) is 60.4 Å². The Kier molecular flexibility index (Phi) is 6.44. The van der Waals surface area contributed by atoms with E-state index in [9.17, 15) is 10.1 Å². The van der Waals surface area contributed by atoms with Crippen molar-refractivity contribution in [1.29, 1.82) is 5.26 Å². The summed E-state index contributed by atoms with van der Waals surface area (Å²) in [6, 6.07) is 18.4. The third-order valence-electron chi connectivity index (χ3n) is 5.15. The Morgan fingerprint density at radius 3 is 2.15 bits per heavy atom. The van der Waals surface area contributed by atoms with E-state index in [1.165, 1.54) is 17.5 Å². The highest BCUT2D eigenvalue weighted by Gasteiger charge is 2.18. The van der Waals surface area contributed by atoms with Gasteiger partial charge < -0.3 is 5.32 Å². The normalized spacial score (nSPS) is 13.7. The molecule has 138 valence electrons. The van der Waals surface area contributed by atoms with E-state index in [2.05, 4.69) is 42.6 Å². The van der Waals surface area contributed by atoms with Crippen molar-refractivity contribution in [2.45, 2.75) is 51.9 Å². The Labute approximate surface area is 161 Å². The molecule has 0 bridgehead atoms. The summed E-state index contributed by atoms with van der Waals surface area (Å²) < 4.78 is 0. The third kappa shape index (κ3) is 4.65. The molecule has 0 atom stereocenters. The predicted molar refractivity (Wildman–Crippen MR) is 110 cm³/mol. The van der Waals surface area contributed by atoms with Crippen LogP contribution in [0, 0.1) is 11.3 Å². The lowest BCUT2D eigenvalue weighted by Gasteiger charge is -2.16. The second-order valence-electron chi connectivity index (χ2n) is 7.09. The first-order chi connectivity index (χ1) is 13.2. The average Bonchev–Trinajstić information content (AvgIpc) is 2.68. The zero-order valence-electron chi connectivity index (χ0n) is 15.9. The molecular weight excluding hydrogens is 332 g/mol. The van der Waals surface area contributed by atoms with Crippen molar-refractivity contribution in [2.75, 3.05) is 5.32 Å². The minimum Gasteiger partial charge on any atom is -0.321 e. The molecule has 3 aliphatic rings. The molecule has 1 fully saturated rings. The summed E-state index contributed by atoms with van der Waals surface area (Å²) >= 11 is 0. The largest absolute Gasteiger partial charge is 0.321 e. The highest BCUT2D eigenvalue weighted by atomic mass is 16.1. The fourth-order valence-corrected chi connectivity index (χ4v) is 3.50. The number of nitrogens with one attached hydrogen (secondary N) is 1. The van der Waals surface area contributed by atoms with Crippen LogP contribution < -0.4 is 5.32 Å². The standard InChI is InChI=1S/C18H22N2O.C6H4/c1-2-8-15-11-6-7-12-17(15)20-18(21)16(13-19)14-9-4-3-5-10-14;1-2-6-4-3-5(1)6/h6-7,11-12H,2-5,8-10H2,1H3,(H,20,21);1-4H. The molecule has 0 aliphatic heterocycles. The van der Waals surface area contributed by atoms with Crippen molar-refractivity contribution < 1.29 is 4.79 Å². The van der Waals surface area contributed by atoms with Crippen molar-refractivity contribution in [3.8, 4) is 17.2 Å². The van der Waals surface area contributed by atoms with Crippen LogP contribution in [0.5, 0.6) is 0 Å². The maximum absolute atomic E-state index is 12.4. The summed E-state index contributed by atoms with van der Waals surface area (Å²) in [5, 5.41) is 12.3. The van der Waals surface area contributed by atoms with E-state index in [0.717, 1.165) is 55.3 Å². The molecule has 4 rings (SSSR count). The summed E-state index contributed by atoms with van der Waals surface area (Å²) in [5.41, 5.74) is 6.15. The van der Waals surface area contributed by atoms with Gasteiger partial charge in [-0.15, -0.1) is 0 Å². The maximum Gasteiger partial charge on any atom is 0.266 e. The van der Waals surface area contributed by atoms with Crippen LogP contribution in [0.3, 0.4) is 0 Å². The van der Waals surface area contributed by atoms with E-state index >= 15 is 0 Å². The SMILES string of the molecule is CCCc1ccccc1NC(=O)C(C#N)=C1CCCCC1.c1cc2ccc1-2. The first-order valence-electron chi connectivity index (χ1n) is 9.84. The van der Waals surface area contributed by atoms with E-state index in [4.69, 9.17) is 0 Å². The molecule has 1 aromatic rings. The number of aryl methyl sites for hydroxylation is 1. The Balaban J connectivity index is 0.000000290. The molecule has 1 aromatic carbocycles. The molecular formula is C24H26N2O. The minimum atomic E-state index is -0.252. The fourth-order valence-electron chi connectivity index (χ4n) is 3.50. The lowest BCUT2D eigenvalue weighted by molar-refractivity contribution is -0.112. The second-order valence-corrected chi connectivity index (χ2v) is 7.09. The lowest BCUT2D eigenvalue weighted by Crippen LogP contribution is -2.17. The summed E-state index contributed by atoms with van der Waals surface area (Å²) in [4.78, 5) is 12.4. The van der Waals surface area contributed by atoms with Gasteiger partial charge in [-0.2, -0.15) is 5.26 Å². The van der Waals surface area contributed by atoms with Crippen LogP contribution >= 0.6 is 0 Å². The van der Waals surface area contributed by atoms with Gasteiger partial charge in [-0.3, -0.25) is 4.79 Å². The molecule has 0 spiro atoms. The molecule has 0 unspecified atom stereocenters. The van der Waals surface area contributed by atoms with Crippen molar-refractivity contribution in [2.24, 2.45) is 0 Å². The number of carbonyl (C=O) groups is 1. The number of rotatable bonds is 4. The lowest BCUT2D eigenvalue weighted by atomic mass is 9.91. The molecule has 3 nitrogen and oxygen atoms in total. The van der Waals surface area contributed by atoms with E-state index < -0.39 is 0 Å². The van der Waals surface area contributed by atoms with Gasteiger partial charge in [-0.1, -0.05) is 62.2 Å². The maximum atomic E-state index is 12.4. The number of hydrogen-bond acceptors (Lipinski definition) is 2. The molecule has 0 saturated heterocycles. The zero-order chi connectivity index (χ0) is 19.1. The number of nitrogens with zero attached hydrogens (tertiary/aromatic N) is 1. The van der Waals surface area contributed by atoms with E-state index in [1.807, 2.05) is 24.3 Å². The summed E-state index contributed by atoms with van der Waals surface area (Å²) in [6.07, 6.45) is 7.08. The highest BCUT2D eigenvalue weighted by molar-refractivity contribution is 6.07. The summed E-state index contributed by atoms with van der Waals surface area (Å²) in [7, 11) is 0. The third-order valence-corrected chi connectivity index (χ3v) is 5.15. The Hall–Kier alpha value is -2.86. The fraction of sp³-hybridized carbons (Fsp3) is 0.333. The van der Waals surface area contributed by atoms with Crippen molar-refractivity contribution >= 4 is 11.6 Å². The summed E-state index contributed by atoms with van der Waals surface area (Å²) in [6.45, 7) is 2.11. The van der Waals surface area contributed by atoms with Crippen LogP contribution in [0.1, 0.15) is 51.0 Å². The molecule has 3 aliphatic carbocycles. The van der Waals surface area contributed by atoms with Crippen LogP contribution in [-0.2, 0) is 11.2 Å². The number of anilines is 1. The van der Waals surface area contributed by atoms with Crippen molar-refractivity contribution in [1.82, 2.24) is 0 Å². The van der Waals surface area contributed by atoms with Gasteiger partial charge in [0.1, 0.15) is 11.6 Å². The molecule has 1 N–H and O–H groups in total. The van der Waals surface area contributed by atoms with Gasteiger partial charge >= 0.3 is 0 Å². The molecule has 1 saturated carbocycles. The zero-order valence-corrected chi connectivity index (χ0v) is 15.9. The molecule has 0 heterocycles. The van der Waals surface area contributed by atoms with Gasteiger partial charge in [0.15, 0.2) is 0 Å². The molecule has 27 heavy (non-hydrogen) atoms. The van der Waals surface area contributed by atoms with Gasteiger partial charge in [-0.25, -0.2) is 0 Å².